The Kier molecular flexibility index (Phi) is 3.77. The predicted molar refractivity (Wildman–Crippen MR) is 70.6 cm³/mol. The number of benzene rings is 1. The van der Waals surface area contributed by atoms with E-state index in [2.05, 4.69) is 10.3 Å². The molecule has 2 aromatic rings. The maximum atomic E-state index is 11.8. The number of carboxylic acid groups (broad SMARTS) is 1. The fourth-order valence-corrected chi connectivity index (χ4v) is 1.59. The van der Waals surface area contributed by atoms with Crippen LogP contribution in [0.15, 0.2) is 42.5 Å². The summed E-state index contributed by atoms with van der Waals surface area (Å²) in [7, 11) is 0. The molecule has 0 aliphatic carbocycles. The van der Waals surface area contributed by atoms with Crippen LogP contribution >= 0.6 is 11.6 Å². The molecule has 1 aromatic carbocycles. The van der Waals surface area contributed by atoms with E-state index in [4.69, 9.17) is 16.7 Å². The highest BCUT2D eigenvalue weighted by molar-refractivity contribution is 6.29. The Balaban J connectivity index is 2.13. The van der Waals surface area contributed by atoms with Gasteiger partial charge in [-0.2, -0.15) is 0 Å². The summed E-state index contributed by atoms with van der Waals surface area (Å²) in [6, 6.07) is 10.6. The number of aromatic carboxylic acids is 1. The van der Waals surface area contributed by atoms with Gasteiger partial charge in [0.15, 0.2) is 0 Å². The largest absolute Gasteiger partial charge is 0.478 e. The lowest BCUT2D eigenvalue weighted by Crippen LogP contribution is -2.13. The van der Waals surface area contributed by atoms with E-state index in [1.807, 2.05) is 0 Å². The van der Waals surface area contributed by atoms with Crippen LogP contribution in [0.4, 0.5) is 5.69 Å². The molecule has 96 valence electrons. The minimum atomic E-state index is -1.02. The van der Waals surface area contributed by atoms with Crippen LogP contribution in [-0.2, 0) is 0 Å². The Labute approximate surface area is 113 Å². The molecule has 0 bridgehead atoms. The highest BCUT2D eigenvalue weighted by Gasteiger charge is 2.08. The first-order valence-electron chi connectivity index (χ1n) is 5.33. The molecule has 1 aromatic heterocycles. The fraction of sp³-hybridized carbons (Fsp3) is 0. The maximum Gasteiger partial charge on any atom is 0.335 e. The highest BCUT2D eigenvalue weighted by Crippen LogP contribution is 2.12. The van der Waals surface area contributed by atoms with Gasteiger partial charge in [0, 0.05) is 5.69 Å². The van der Waals surface area contributed by atoms with Crippen LogP contribution in [0.25, 0.3) is 0 Å². The van der Waals surface area contributed by atoms with Crippen molar-refractivity contribution in [3.8, 4) is 0 Å². The van der Waals surface area contributed by atoms with Gasteiger partial charge in [-0.1, -0.05) is 17.7 Å². The number of rotatable bonds is 3. The Morgan fingerprint density at radius 3 is 2.37 bits per heavy atom. The maximum absolute atomic E-state index is 11.8. The lowest BCUT2D eigenvalue weighted by atomic mass is 10.2. The standard InChI is InChI=1S/C13H9ClN2O3/c14-11-3-1-2-10(16-11)12(17)15-9-6-4-8(5-7-9)13(18)19/h1-7H,(H,15,17)(H,18,19). The molecule has 0 radical (unpaired) electrons. The molecule has 0 spiro atoms. The Morgan fingerprint density at radius 1 is 1.11 bits per heavy atom. The minimum absolute atomic E-state index is 0.152. The third kappa shape index (κ3) is 3.29. The Morgan fingerprint density at radius 2 is 1.79 bits per heavy atom. The number of hydrogen-bond donors (Lipinski definition) is 2. The number of amides is 1. The number of nitrogens with zero attached hydrogens (tertiary/aromatic N) is 1. The molecule has 2 N–H and O–H groups in total. The van der Waals surface area contributed by atoms with E-state index in [1.54, 1.807) is 12.1 Å². The lowest BCUT2D eigenvalue weighted by molar-refractivity contribution is 0.0696. The lowest BCUT2D eigenvalue weighted by Gasteiger charge is -2.05. The first kappa shape index (κ1) is 13.0. The molecule has 19 heavy (non-hydrogen) atoms. The molecule has 0 saturated heterocycles. The summed E-state index contributed by atoms with van der Waals surface area (Å²) in [6.45, 7) is 0. The quantitative estimate of drug-likeness (QED) is 0.845. The van der Waals surface area contributed by atoms with Crippen LogP contribution in [0.5, 0.6) is 0 Å². The van der Waals surface area contributed by atoms with Crippen molar-refractivity contribution in [2.45, 2.75) is 0 Å². The number of anilines is 1. The van der Waals surface area contributed by atoms with E-state index in [0.29, 0.717) is 5.69 Å². The smallest absolute Gasteiger partial charge is 0.335 e. The van der Waals surface area contributed by atoms with Crippen molar-refractivity contribution >= 4 is 29.2 Å². The van der Waals surface area contributed by atoms with E-state index in [9.17, 15) is 9.59 Å². The van der Waals surface area contributed by atoms with Gasteiger partial charge in [0.2, 0.25) is 0 Å². The van der Waals surface area contributed by atoms with E-state index >= 15 is 0 Å². The van der Waals surface area contributed by atoms with Crippen LogP contribution in [0.3, 0.4) is 0 Å². The zero-order valence-corrected chi connectivity index (χ0v) is 10.4. The average Bonchev–Trinajstić information content (AvgIpc) is 2.39. The molecule has 5 nitrogen and oxygen atoms in total. The number of carboxylic acids is 1. The summed E-state index contributed by atoms with van der Waals surface area (Å²) in [6.07, 6.45) is 0. The molecule has 6 heteroatoms. The van der Waals surface area contributed by atoms with Gasteiger partial charge < -0.3 is 10.4 Å². The third-order valence-corrected chi connectivity index (χ3v) is 2.55. The number of aromatic nitrogens is 1. The second-order valence-corrected chi connectivity index (χ2v) is 4.07. The normalized spacial score (nSPS) is 9.95. The molecule has 0 atom stereocenters. The highest BCUT2D eigenvalue weighted by atomic mass is 35.5. The van der Waals surface area contributed by atoms with Gasteiger partial charge in [0.1, 0.15) is 10.8 Å². The van der Waals surface area contributed by atoms with Crippen molar-refractivity contribution in [2.75, 3.05) is 5.32 Å². The van der Waals surface area contributed by atoms with Gasteiger partial charge in [-0.25, -0.2) is 9.78 Å². The van der Waals surface area contributed by atoms with Crippen LogP contribution in [-0.4, -0.2) is 22.0 Å². The van der Waals surface area contributed by atoms with Gasteiger partial charge in [-0.15, -0.1) is 0 Å². The van der Waals surface area contributed by atoms with Gasteiger partial charge in [0.05, 0.1) is 5.56 Å². The van der Waals surface area contributed by atoms with Crippen molar-refractivity contribution in [1.82, 2.24) is 4.98 Å². The summed E-state index contributed by atoms with van der Waals surface area (Å²) >= 11 is 5.69. The van der Waals surface area contributed by atoms with Gasteiger partial charge in [-0.3, -0.25) is 4.79 Å². The molecule has 2 rings (SSSR count). The van der Waals surface area contributed by atoms with E-state index < -0.39 is 11.9 Å². The SMILES string of the molecule is O=C(O)c1ccc(NC(=O)c2cccc(Cl)n2)cc1. The van der Waals surface area contributed by atoms with Gasteiger partial charge >= 0.3 is 5.97 Å². The zero-order chi connectivity index (χ0) is 13.8. The summed E-state index contributed by atoms with van der Waals surface area (Å²) < 4.78 is 0. The van der Waals surface area contributed by atoms with Crippen LogP contribution in [0.2, 0.25) is 5.15 Å². The van der Waals surface area contributed by atoms with Crippen molar-refractivity contribution in [3.05, 3.63) is 58.9 Å². The Hall–Kier alpha value is -2.40. The number of hydrogen-bond acceptors (Lipinski definition) is 3. The molecular weight excluding hydrogens is 268 g/mol. The van der Waals surface area contributed by atoms with Crippen molar-refractivity contribution in [3.63, 3.8) is 0 Å². The van der Waals surface area contributed by atoms with Crippen LogP contribution in [0.1, 0.15) is 20.8 Å². The number of carbonyl (C=O) groups excluding carboxylic acids is 1. The molecule has 0 unspecified atom stereocenters. The summed E-state index contributed by atoms with van der Waals surface area (Å²) in [5.41, 5.74) is 0.825. The molecule has 0 saturated carbocycles. The summed E-state index contributed by atoms with van der Waals surface area (Å²) in [4.78, 5) is 26.4. The molecule has 0 fully saturated rings. The first-order valence-corrected chi connectivity index (χ1v) is 5.71. The Bertz CT molecular complexity index is 626. The van der Waals surface area contributed by atoms with E-state index in [-0.39, 0.29) is 16.4 Å². The molecule has 1 amide bonds. The van der Waals surface area contributed by atoms with Gasteiger partial charge in [-0.05, 0) is 36.4 Å². The predicted octanol–water partition coefficient (Wildman–Crippen LogP) is 2.69. The number of halogens is 1. The molecule has 1 heterocycles. The monoisotopic (exact) mass is 276 g/mol. The van der Waals surface area contributed by atoms with Crippen LogP contribution in [0, 0.1) is 0 Å². The van der Waals surface area contributed by atoms with Crippen molar-refractivity contribution in [1.29, 1.82) is 0 Å². The van der Waals surface area contributed by atoms with E-state index in [1.165, 1.54) is 30.3 Å². The summed E-state index contributed by atoms with van der Waals surface area (Å²) in [5.74, 6) is -1.43. The molecule has 0 aliphatic heterocycles. The molecule has 0 aliphatic rings. The van der Waals surface area contributed by atoms with Crippen LogP contribution < -0.4 is 5.32 Å². The van der Waals surface area contributed by atoms with Crippen molar-refractivity contribution in [2.24, 2.45) is 0 Å². The third-order valence-electron chi connectivity index (χ3n) is 2.34. The first-order chi connectivity index (χ1) is 9.06. The minimum Gasteiger partial charge on any atom is -0.478 e. The number of nitrogens with one attached hydrogen (secondary N) is 1. The number of pyridine rings is 1. The fourth-order valence-electron chi connectivity index (χ4n) is 1.43. The zero-order valence-electron chi connectivity index (χ0n) is 9.63. The second-order valence-electron chi connectivity index (χ2n) is 3.68. The van der Waals surface area contributed by atoms with E-state index in [0.717, 1.165) is 0 Å². The molecular formula is C13H9ClN2O3. The topological polar surface area (TPSA) is 79.3 Å². The number of carbonyl (C=O) groups is 2. The van der Waals surface area contributed by atoms with Gasteiger partial charge in [0.25, 0.3) is 5.91 Å². The average molecular weight is 277 g/mol. The second kappa shape index (κ2) is 5.49. The van der Waals surface area contributed by atoms with Crippen molar-refractivity contribution < 1.29 is 14.7 Å². The summed E-state index contributed by atoms with van der Waals surface area (Å²) in [5, 5.41) is 11.6.